The molecule has 0 bridgehead atoms. The van der Waals surface area contributed by atoms with Crippen LogP contribution in [-0.4, -0.2) is 25.7 Å². The second-order valence-electron chi connectivity index (χ2n) is 3.63. The molecule has 0 aromatic carbocycles. The normalized spacial score (nSPS) is 11.6. The molecule has 0 aliphatic heterocycles. The summed E-state index contributed by atoms with van der Waals surface area (Å²) < 4.78 is 22.4. The number of hydrogen-bond acceptors (Lipinski definition) is 4. The molecule has 0 unspecified atom stereocenters. The molecular formula is C11H16O3S2. The maximum atomic E-state index is 11.5. The Morgan fingerprint density at radius 1 is 1.44 bits per heavy atom. The van der Waals surface area contributed by atoms with Gasteiger partial charge >= 0.3 is 0 Å². The van der Waals surface area contributed by atoms with Crippen LogP contribution < -0.4 is 0 Å². The standard InChI is InChI=1S/C11H16O3S2/c1-2-16(13,14)8-4-5-10(12)9-11-6-3-7-15-11/h3,6-7H,2,4-5,8-9H2,1H3. The van der Waals surface area contributed by atoms with Gasteiger partial charge in [0.2, 0.25) is 0 Å². The van der Waals surface area contributed by atoms with E-state index in [-0.39, 0.29) is 17.3 Å². The molecule has 0 aliphatic carbocycles. The van der Waals surface area contributed by atoms with Crippen molar-refractivity contribution in [1.82, 2.24) is 0 Å². The second-order valence-corrected chi connectivity index (χ2v) is 7.14. The zero-order chi connectivity index (χ0) is 12.0. The lowest BCUT2D eigenvalue weighted by atomic mass is 10.1. The van der Waals surface area contributed by atoms with Crippen LogP contribution in [0.3, 0.4) is 0 Å². The molecule has 0 atom stereocenters. The molecule has 16 heavy (non-hydrogen) atoms. The van der Waals surface area contributed by atoms with E-state index in [0.29, 0.717) is 19.3 Å². The van der Waals surface area contributed by atoms with Gasteiger partial charge in [-0.05, 0) is 17.9 Å². The number of hydrogen-bond donors (Lipinski definition) is 0. The summed E-state index contributed by atoms with van der Waals surface area (Å²) in [7, 11) is -2.93. The van der Waals surface area contributed by atoms with Gasteiger partial charge < -0.3 is 0 Å². The molecule has 0 saturated heterocycles. The fourth-order valence-corrected chi connectivity index (χ4v) is 2.94. The third-order valence-corrected chi connectivity index (χ3v) is 4.97. The van der Waals surface area contributed by atoms with E-state index in [2.05, 4.69) is 0 Å². The van der Waals surface area contributed by atoms with Crippen LogP contribution in [-0.2, 0) is 21.1 Å². The van der Waals surface area contributed by atoms with Crippen molar-refractivity contribution in [3.05, 3.63) is 22.4 Å². The zero-order valence-electron chi connectivity index (χ0n) is 9.31. The second kappa shape index (κ2) is 6.15. The highest BCUT2D eigenvalue weighted by molar-refractivity contribution is 7.91. The Morgan fingerprint density at radius 3 is 2.75 bits per heavy atom. The van der Waals surface area contributed by atoms with E-state index >= 15 is 0 Å². The summed E-state index contributed by atoms with van der Waals surface area (Å²) in [5, 5.41) is 1.93. The smallest absolute Gasteiger partial charge is 0.150 e. The van der Waals surface area contributed by atoms with Crippen LogP contribution in [0.4, 0.5) is 0 Å². The lowest BCUT2D eigenvalue weighted by Gasteiger charge is -2.00. The highest BCUT2D eigenvalue weighted by Gasteiger charge is 2.09. The molecule has 1 aromatic rings. The van der Waals surface area contributed by atoms with Crippen molar-refractivity contribution in [3.63, 3.8) is 0 Å². The molecule has 0 spiro atoms. The predicted molar refractivity (Wildman–Crippen MR) is 66.6 cm³/mol. The minimum atomic E-state index is -2.93. The molecule has 1 rings (SSSR count). The first-order chi connectivity index (χ1) is 7.53. The molecule has 0 aliphatic rings. The molecule has 0 fully saturated rings. The van der Waals surface area contributed by atoms with Crippen LogP contribution >= 0.6 is 11.3 Å². The summed E-state index contributed by atoms with van der Waals surface area (Å²) in [6.45, 7) is 1.63. The molecule has 0 amide bonds. The minimum absolute atomic E-state index is 0.119. The average molecular weight is 260 g/mol. The number of carbonyl (C=O) groups excluding carboxylic acids is 1. The summed E-state index contributed by atoms with van der Waals surface area (Å²) in [6.07, 6.45) is 1.24. The monoisotopic (exact) mass is 260 g/mol. The van der Waals surface area contributed by atoms with E-state index in [0.717, 1.165) is 4.88 Å². The van der Waals surface area contributed by atoms with E-state index in [9.17, 15) is 13.2 Å². The van der Waals surface area contributed by atoms with Gasteiger partial charge in [0.25, 0.3) is 0 Å². The third-order valence-electron chi connectivity index (χ3n) is 2.30. The van der Waals surface area contributed by atoms with E-state index in [1.807, 2.05) is 17.5 Å². The van der Waals surface area contributed by atoms with Crippen molar-refractivity contribution in [2.75, 3.05) is 11.5 Å². The van der Waals surface area contributed by atoms with Crippen molar-refractivity contribution in [3.8, 4) is 0 Å². The summed E-state index contributed by atoms with van der Waals surface area (Å²) in [5.74, 6) is 0.403. The van der Waals surface area contributed by atoms with Gasteiger partial charge in [0.15, 0.2) is 0 Å². The third kappa shape index (κ3) is 4.90. The van der Waals surface area contributed by atoms with Gasteiger partial charge in [0.05, 0.1) is 5.75 Å². The van der Waals surface area contributed by atoms with Gasteiger partial charge in [0, 0.05) is 23.5 Å². The Labute approximate surface area is 100 Å². The first-order valence-corrected chi connectivity index (χ1v) is 7.98. The molecule has 0 radical (unpaired) electrons. The van der Waals surface area contributed by atoms with Gasteiger partial charge in [-0.25, -0.2) is 8.42 Å². The van der Waals surface area contributed by atoms with E-state index in [1.54, 1.807) is 18.3 Å². The van der Waals surface area contributed by atoms with Crippen molar-refractivity contribution >= 4 is 27.0 Å². The van der Waals surface area contributed by atoms with Gasteiger partial charge in [0.1, 0.15) is 15.6 Å². The highest BCUT2D eigenvalue weighted by atomic mass is 32.2. The zero-order valence-corrected chi connectivity index (χ0v) is 10.9. The summed E-state index contributed by atoms with van der Waals surface area (Å²) in [4.78, 5) is 12.5. The van der Waals surface area contributed by atoms with Crippen LogP contribution in [0.2, 0.25) is 0 Å². The molecule has 5 heteroatoms. The fraction of sp³-hybridized carbons (Fsp3) is 0.545. The number of ketones is 1. The summed E-state index contributed by atoms with van der Waals surface area (Å²) >= 11 is 1.56. The lowest BCUT2D eigenvalue weighted by Crippen LogP contribution is -2.11. The molecule has 0 saturated carbocycles. The Hall–Kier alpha value is -0.680. The van der Waals surface area contributed by atoms with E-state index in [1.165, 1.54) is 0 Å². The van der Waals surface area contributed by atoms with Crippen molar-refractivity contribution in [1.29, 1.82) is 0 Å². The highest BCUT2D eigenvalue weighted by Crippen LogP contribution is 2.11. The SMILES string of the molecule is CCS(=O)(=O)CCCC(=O)Cc1cccs1. The summed E-state index contributed by atoms with van der Waals surface area (Å²) in [5.41, 5.74) is 0. The predicted octanol–water partition coefficient (Wildman–Crippen LogP) is 2.07. The number of carbonyl (C=O) groups is 1. The van der Waals surface area contributed by atoms with Crippen LogP contribution in [0.5, 0.6) is 0 Å². The minimum Gasteiger partial charge on any atom is -0.299 e. The van der Waals surface area contributed by atoms with Crippen LogP contribution in [0.15, 0.2) is 17.5 Å². The Balaban J connectivity index is 2.26. The van der Waals surface area contributed by atoms with Crippen LogP contribution in [0.1, 0.15) is 24.6 Å². The Bertz CT molecular complexity index is 418. The van der Waals surface area contributed by atoms with Gasteiger partial charge in [-0.2, -0.15) is 0 Å². The first-order valence-electron chi connectivity index (χ1n) is 5.28. The topological polar surface area (TPSA) is 51.2 Å². The van der Waals surface area contributed by atoms with E-state index < -0.39 is 9.84 Å². The lowest BCUT2D eigenvalue weighted by molar-refractivity contribution is -0.118. The Kier molecular flexibility index (Phi) is 5.15. The van der Waals surface area contributed by atoms with Gasteiger partial charge in [-0.3, -0.25) is 4.79 Å². The Morgan fingerprint density at radius 2 is 2.19 bits per heavy atom. The molecule has 1 aromatic heterocycles. The maximum absolute atomic E-state index is 11.5. The molecule has 3 nitrogen and oxygen atoms in total. The molecule has 90 valence electrons. The average Bonchev–Trinajstić information content (AvgIpc) is 2.70. The van der Waals surface area contributed by atoms with Crippen LogP contribution in [0.25, 0.3) is 0 Å². The van der Waals surface area contributed by atoms with Crippen molar-refractivity contribution in [2.24, 2.45) is 0 Å². The van der Waals surface area contributed by atoms with Crippen molar-refractivity contribution in [2.45, 2.75) is 26.2 Å². The number of rotatable bonds is 7. The largest absolute Gasteiger partial charge is 0.299 e. The quantitative estimate of drug-likeness (QED) is 0.754. The summed E-state index contributed by atoms with van der Waals surface area (Å²) in [6, 6.07) is 3.83. The van der Waals surface area contributed by atoms with Crippen LogP contribution in [0, 0.1) is 0 Å². The number of thiophene rings is 1. The fourth-order valence-electron chi connectivity index (χ4n) is 1.33. The van der Waals surface area contributed by atoms with Gasteiger partial charge in [-0.1, -0.05) is 13.0 Å². The number of sulfone groups is 1. The van der Waals surface area contributed by atoms with Crippen molar-refractivity contribution < 1.29 is 13.2 Å². The molecular weight excluding hydrogens is 244 g/mol. The first kappa shape index (κ1) is 13.4. The maximum Gasteiger partial charge on any atom is 0.150 e. The molecule has 0 N–H and O–H groups in total. The molecule has 1 heterocycles. The van der Waals surface area contributed by atoms with Gasteiger partial charge in [-0.15, -0.1) is 11.3 Å². The number of Topliss-reactive ketones (excluding diaryl/α,β-unsaturated/α-hetero) is 1. The van der Waals surface area contributed by atoms with E-state index in [4.69, 9.17) is 0 Å².